The zero-order chi connectivity index (χ0) is 42.7. The molecule has 0 saturated heterocycles. The molecule has 0 spiro atoms. The number of hydrogen-bond donors (Lipinski definition) is 2. The minimum Gasteiger partial charge on any atom is -0.331 e. The molecular formula is C42H52F2N6O4S4. The number of sulfonamides is 2. The SMILES string of the molecule is Cc1nccn1Cc1ccc(-c2cc(CC(C)C)sc2S(=O)(=O)NC(C)(C)C)cc1F.Cc1nccn1Cc1ccc(-c2cc(CC(C)C)sc2S(N)(=O)=O)cc1F. The number of imidazole rings is 2. The average Bonchev–Trinajstić information content (AvgIpc) is 3.90. The van der Waals surface area contributed by atoms with Gasteiger partial charge in [-0.3, -0.25) is 0 Å². The standard InChI is InChI=1S/C23H30FN3O2S2.C19H22FN3O2S2/c1-15(2)11-19-13-20(22(30-19)31(28,29)26-23(4,5)6)17-7-8-18(21(24)12-17)14-27-10-9-25-16(27)3;1-12(2)8-16-10-17(19(26-16)27(21,24)25)14-4-5-15(18(20)9-14)11-23-7-6-22-13(23)3/h7-10,12-13,15,26H,11,14H2,1-6H3;4-7,9-10,12H,8,11H2,1-3H3,(H2,21,24,25). The molecule has 0 fully saturated rings. The summed E-state index contributed by atoms with van der Waals surface area (Å²) in [6, 6.07) is 13.4. The van der Waals surface area contributed by atoms with E-state index in [0.717, 1.165) is 45.6 Å². The second-order valence-corrected chi connectivity index (χ2v) is 22.1. The molecule has 6 rings (SSSR count). The zero-order valence-electron chi connectivity index (χ0n) is 34.3. The van der Waals surface area contributed by atoms with Crippen LogP contribution in [0, 0.1) is 37.3 Å². The van der Waals surface area contributed by atoms with Gasteiger partial charge < -0.3 is 9.13 Å². The maximum Gasteiger partial charge on any atom is 0.251 e. The largest absolute Gasteiger partial charge is 0.331 e. The van der Waals surface area contributed by atoms with E-state index in [1.165, 1.54) is 23.5 Å². The molecule has 312 valence electrons. The first-order valence-electron chi connectivity index (χ1n) is 18.9. The van der Waals surface area contributed by atoms with Gasteiger partial charge in [0.05, 0.1) is 13.1 Å². The van der Waals surface area contributed by atoms with Crippen LogP contribution in [0.2, 0.25) is 0 Å². The molecule has 0 amide bonds. The van der Waals surface area contributed by atoms with Crippen molar-refractivity contribution in [1.29, 1.82) is 0 Å². The number of hydrogen-bond acceptors (Lipinski definition) is 8. The van der Waals surface area contributed by atoms with E-state index in [1.807, 2.05) is 35.2 Å². The van der Waals surface area contributed by atoms with Gasteiger partial charge in [-0.2, -0.15) is 0 Å². The van der Waals surface area contributed by atoms with Crippen molar-refractivity contribution in [3.05, 3.63) is 117 Å². The Labute approximate surface area is 349 Å². The quantitative estimate of drug-likeness (QED) is 0.119. The molecule has 4 heterocycles. The van der Waals surface area contributed by atoms with Gasteiger partial charge in [0, 0.05) is 62.3 Å². The van der Waals surface area contributed by atoms with Crippen LogP contribution in [-0.2, 0) is 46.0 Å². The Bertz CT molecular complexity index is 2600. The van der Waals surface area contributed by atoms with Crippen LogP contribution in [0.15, 0.2) is 81.7 Å². The number of thiophene rings is 2. The van der Waals surface area contributed by atoms with Crippen molar-refractivity contribution in [2.75, 3.05) is 0 Å². The van der Waals surface area contributed by atoms with E-state index in [9.17, 15) is 25.6 Å². The van der Waals surface area contributed by atoms with Crippen molar-refractivity contribution >= 4 is 42.7 Å². The highest BCUT2D eigenvalue weighted by Crippen LogP contribution is 2.38. The molecule has 0 aliphatic heterocycles. The van der Waals surface area contributed by atoms with E-state index in [1.54, 1.807) is 69.7 Å². The van der Waals surface area contributed by atoms with E-state index in [4.69, 9.17) is 5.14 Å². The maximum absolute atomic E-state index is 15.0. The van der Waals surface area contributed by atoms with Gasteiger partial charge >= 0.3 is 0 Å². The third kappa shape index (κ3) is 11.6. The van der Waals surface area contributed by atoms with Gasteiger partial charge in [0.25, 0.3) is 10.0 Å². The topological polar surface area (TPSA) is 142 Å². The summed E-state index contributed by atoms with van der Waals surface area (Å²) in [6.07, 6.45) is 8.46. The monoisotopic (exact) mass is 870 g/mol. The summed E-state index contributed by atoms with van der Waals surface area (Å²) < 4.78 is 86.7. The van der Waals surface area contributed by atoms with Gasteiger partial charge in [0.15, 0.2) is 0 Å². The molecule has 0 atom stereocenters. The number of aryl methyl sites for hydroxylation is 2. The lowest BCUT2D eigenvalue weighted by molar-refractivity contribution is 0.492. The third-order valence-electron chi connectivity index (χ3n) is 8.92. The minimum absolute atomic E-state index is 0.0794. The molecule has 0 aliphatic carbocycles. The summed E-state index contributed by atoms with van der Waals surface area (Å²) in [4.78, 5) is 10.2. The first kappa shape index (κ1) is 45.0. The smallest absolute Gasteiger partial charge is 0.251 e. The molecule has 6 aromatic rings. The van der Waals surface area contributed by atoms with Crippen LogP contribution >= 0.6 is 22.7 Å². The van der Waals surface area contributed by atoms with E-state index in [0.29, 0.717) is 58.3 Å². The number of nitrogens with two attached hydrogens (primary N) is 1. The zero-order valence-corrected chi connectivity index (χ0v) is 37.6. The lowest BCUT2D eigenvalue weighted by Gasteiger charge is -2.20. The van der Waals surface area contributed by atoms with Crippen molar-refractivity contribution in [2.24, 2.45) is 17.0 Å². The molecule has 4 aromatic heterocycles. The normalized spacial score (nSPS) is 12.4. The van der Waals surface area contributed by atoms with Crippen LogP contribution in [0.4, 0.5) is 8.78 Å². The number of halogens is 2. The Morgan fingerprint density at radius 2 is 1.12 bits per heavy atom. The summed E-state index contributed by atoms with van der Waals surface area (Å²) in [5.74, 6) is 1.61. The number of rotatable bonds is 13. The fraction of sp³-hybridized carbons (Fsp3) is 0.381. The molecule has 58 heavy (non-hydrogen) atoms. The summed E-state index contributed by atoms with van der Waals surface area (Å²) in [6.45, 7) is 18.2. The molecule has 10 nitrogen and oxygen atoms in total. The predicted octanol–water partition coefficient (Wildman–Crippen LogP) is 9.34. The van der Waals surface area contributed by atoms with E-state index in [2.05, 4.69) is 42.4 Å². The lowest BCUT2D eigenvalue weighted by Crippen LogP contribution is -2.40. The molecule has 3 N–H and O–H groups in total. The number of primary sulfonamides is 1. The van der Waals surface area contributed by atoms with Crippen molar-refractivity contribution < 1.29 is 25.6 Å². The predicted molar refractivity (Wildman–Crippen MR) is 230 cm³/mol. The van der Waals surface area contributed by atoms with Crippen molar-refractivity contribution in [3.8, 4) is 22.3 Å². The molecule has 0 unspecified atom stereocenters. The summed E-state index contributed by atoms with van der Waals surface area (Å²) in [5.41, 5.74) is 2.49. The number of nitrogens with one attached hydrogen (secondary N) is 1. The van der Waals surface area contributed by atoms with Crippen molar-refractivity contribution in [1.82, 2.24) is 23.8 Å². The molecule has 2 aromatic carbocycles. The van der Waals surface area contributed by atoms with Crippen molar-refractivity contribution in [2.45, 2.75) is 102 Å². The maximum atomic E-state index is 15.0. The van der Waals surface area contributed by atoms with Crippen LogP contribution in [0.25, 0.3) is 22.3 Å². The van der Waals surface area contributed by atoms with Crippen LogP contribution in [0.1, 0.15) is 81.0 Å². The fourth-order valence-electron chi connectivity index (χ4n) is 6.31. The van der Waals surface area contributed by atoms with Crippen LogP contribution < -0.4 is 9.86 Å². The van der Waals surface area contributed by atoms with Gasteiger partial charge in [-0.1, -0.05) is 52.0 Å². The number of nitrogens with zero attached hydrogens (tertiary/aromatic N) is 4. The Balaban J connectivity index is 0.000000223. The van der Waals surface area contributed by atoms with Gasteiger partial charge in [0.2, 0.25) is 10.0 Å². The molecule has 0 aliphatic rings. The molecule has 0 bridgehead atoms. The highest BCUT2D eigenvalue weighted by Gasteiger charge is 2.28. The Morgan fingerprint density at radius 1 is 0.707 bits per heavy atom. The highest BCUT2D eigenvalue weighted by atomic mass is 32.3. The summed E-state index contributed by atoms with van der Waals surface area (Å²) in [7, 11) is -7.63. The second-order valence-electron chi connectivity index (χ2n) is 16.2. The lowest BCUT2D eigenvalue weighted by atomic mass is 10.0. The summed E-state index contributed by atoms with van der Waals surface area (Å²) in [5, 5.41) is 5.39. The molecule has 0 saturated carbocycles. The Morgan fingerprint density at radius 3 is 1.47 bits per heavy atom. The van der Waals surface area contributed by atoms with E-state index >= 15 is 0 Å². The van der Waals surface area contributed by atoms with Gasteiger partial charge in [-0.25, -0.2) is 45.4 Å². The van der Waals surface area contributed by atoms with Crippen LogP contribution in [0.3, 0.4) is 0 Å². The molecule has 0 radical (unpaired) electrons. The number of benzene rings is 2. The van der Waals surface area contributed by atoms with Crippen molar-refractivity contribution in [3.63, 3.8) is 0 Å². The number of aromatic nitrogens is 4. The first-order chi connectivity index (χ1) is 27.0. The Hall–Kier alpha value is -4.06. The van der Waals surface area contributed by atoms with E-state index in [-0.39, 0.29) is 14.2 Å². The summed E-state index contributed by atoms with van der Waals surface area (Å²) >= 11 is 2.42. The Kier molecular flexibility index (Phi) is 14.0. The fourth-order valence-corrected chi connectivity index (χ4v) is 12.1. The first-order valence-corrected chi connectivity index (χ1v) is 23.5. The van der Waals surface area contributed by atoms with Crippen LogP contribution in [-0.4, -0.2) is 41.5 Å². The van der Waals surface area contributed by atoms with Gasteiger partial charge in [0.1, 0.15) is 31.7 Å². The van der Waals surface area contributed by atoms with Gasteiger partial charge in [-0.05, 0) is 94.7 Å². The highest BCUT2D eigenvalue weighted by molar-refractivity contribution is 7.92. The minimum atomic E-state index is -3.88. The molecule has 16 heteroatoms. The van der Waals surface area contributed by atoms with E-state index < -0.39 is 31.4 Å². The van der Waals surface area contributed by atoms with Gasteiger partial charge in [-0.15, -0.1) is 22.7 Å². The van der Waals surface area contributed by atoms with Crippen LogP contribution in [0.5, 0.6) is 0 Å². The average molecular weight is 871 g/mol. The third-order valence-corrected chi connectivity index (χ3v) is 15.0. The second kappa shape index (κ2) is 18.1. The molecular weight excluding hydrogens is 819 g/mol.